The number of hydrogen-bond donors (Lipinski definition) is 0. The molecular weight excluding hydrogens is 574 g/mol. The number of anilines is 1. The van der Waals surface area contributed by atoms with Crippen LogP contribution in [0.3, 0.4) is 0 Å². The molecule has 0 spiro atoms. The van der Waals surface area contributed by atoms with Crippen molar-refractivity contribution in [3.8, 4) is 0 Å². The van der Waals surface area contributed by atoms with Crippen molar-refractivity contribution in [1.82, 2.24) is 9.47 Å². The molecule has 3 amide bonds. The Bertz CT molecular complexity index is 1430. The third-order valence-corrected chi connectivity index (χ3v) is 10.4. The second-order valence-corrected chi connectivity index (χ2v) is 12.5. The average Bonchev–Trinajstić information content (AvgIpc) is 3.36. The third-order valence-electron chi connectivity index (χ3n) is 7.29. The number of carbonyl (C=O) groups excluding carboxylic acids is 3. The summed E-state index contributed by atoms with van der Waals surface area (Å²) in [4.78, 5) is 57.5. The highest BCUT2D eigenvalue weighted by atomic mass is 79.9. The van der Waals surface area contributed by atoms with E-state index in [9.17, 15) is 19.2 Å². The van der Waals surface area contributed by atoms with Gasteiger partial charge in [-0.25, -0.2) is 4.90 Å². The minimum Gasteiger partial charge on any atom is -0.341 e. The number of hydrogen-bond acceptors (Lipinski definition) is 6. The van der Waals surface area contributed by atoms with E-state index in [4.69, 9.17) is 0 Å². The van der Waals surface area contributed by atoms with Crippen LogP contribution in [0.15, 0.2) is 68.9 Å². The van der Waals surface area contributed by atoms with E-state index < -0.39 is 17.1 Å². The quantitative estimate of drug-likeness (QED) is 0.414. The van der Waals surface area contributed by atoms with E-state index >= 15 is 0 Å². The zero-order chi connectivity index (χ0) is 25.7. The lowest BCUT2D eigenvalue weighted by Crippen LogP contribution is -2.39. The van der Waals surface area contributed by atoms with E-state index in [0.717, 1.165) is 45.5 Å². The standard InChI is InChI=1S/C27H24BrN3O4S2/c28-17-11-9-16(10-12-17)20-21-22(25(34)31(24(21)33)18-7-3-1-4-8-18)36-26-23(20)37-27(35)30(26)15-19(32)29-13-5-2-6-14-29/h1,3-4,7-12,20-22H,2,5-6,13-15H2. The second-order valence-electron chi connectivity index (χ2n) is 9.51. The van der Waals surface area contributed by atoms with Gasteiger partial charge in [-0.3, -0.25) is 23.7 Å². The number of halogens is 1. The Morgan fingerprint density at radius 3 is 2.32 bits per heavy atom. The molecule has 190 valence electrons. The highest BCUT2D eigenvalue weighted by Crippen LogP contribution is 2.53. The maximum Gasteiger partial charge on any atom is 0.308 e. The van der Waals surface area contributed by atoms with Crippen LogP contribution in [0.4, 0.5) is 5.69 Å². The molecule has 3 aliphatic rings. The van der Waals surface area contributed by atoms with Gasteiger partial charge in [0.05, 0.1) is 16.6 Å². The summed E-state index contributed by atoms with van der Waals surface area (Å²) in [6.45, 7) is 1.36. The first-order chi connectivity index (χ1) is 17.9. The molecule has 0 saturated carbocycles. The van der Waals surface area contributed by atoms with Crippen molar-refractivity contribution in [2.24, 2.45) is 5.92 Å². The summed E-state index contributed by atoms with van der Waals surface area (Å²) in [5.41, 5.74) is 1.41. The number of amides is 3. The molecule has 4 heterocycles. The number of likely N-dealkylation sites (tertiary alicyclic amines) is 1. The first-order valence-electron chi connectivity index (χ1n) is 12.3. The first-order valence-corrected chi connectivity index (χ1v) is 14.8. The lowest BCUT2D eigenvalue weighted by molar-refractivity contribution is -0.133. The Morgan fingerprint density at radius 1 is 0.919 bits per heavy atom. The Kier molecular flexibility index (Phi) is 6.58. The maximum atomic E-state index is 13.8. The molecule has 2 saturated heterocycles. The molecule has 0 N–H and O–H groups in total. The SMILES string of the molecule is O=C(Cn1c2c(sc1=O)C(c1ccc(Br)cc1)C1C(=O)N(c3ccccc3)C(=O)C1S2)N1CCCCC1. The summed E-state index contributed by atoms with van der Waals surface area (Å²) < 4.78 is 2.42. The molecule has 3 aliphatic heterocycles. The van der Waals surface area contributed by atoms with Crippen molar-refractivity contribution in [2.45, 2.75) is 42.0 Å². The van der Waals surface area contributed by atoms with Crippen LogP contribution in [-0.4, -0.2) is 45.5 Å². The molecule has 6 rings (SSSR count). The molecule has 0 bridgehead atoms. The van der Waals surface area contributed by atoms with E-state index in [1.54, 1.807) is 24.3 Å². The molecular formula is C27H24BrN3O4S2. The summed E-state index contributed by atoms with van der Waals surface area (Å²) in [5, 5.41) is -0.0511. The Balaban J connectivity index is 1.44. The molecule has 3 atom stereocenters. The smallest absolute Gasteiger partial charge is 0.308 e. The number of benzene rings is 2. The van der Waals surface area contributed by atoms with Crippen LogP contribution >= 0.6 is 39.0 Å². The molecule has 10 heteroatoms. The molecule has 2 fully saturated rings. The molecule has 2 aromatic carbocycles. The number of piperidine rings is 1. The lowest BCUT2D eigenvalue weighted by atomic mass is 9.83. The number of thioether (sulfide) groups is 1. The second kappa shape index (κ2) is 9.89. The molecule has 3 unspecified atom stereocenters. The van der Waals surface area contributed by atoms with Crippen LogP contribution in [0.1, 0.15) is 35.6 Å². The normalized spacial score (nSPS) is 23.2. The number of imide groups is 1. The van der Waals surface area contributed by atoms with Gasteiger partial charge < -0.3 is 4.90 Å². The van der Waals surface area contributed by atoms with Gasteiger partial charge in [-0.05, 0) is 49.1 Å². The zero-order valence-corrected chi connectivity index (χ0v) is 23.1. The fourth-order valence-corrected chi connectivity index (χ4v) is 8.53. The molecule has 37 heavy (non-hydrogen) atoms. The van der Waals surface area contributed by atoms with Crippen LogP contribution in [-0.2, 0) is 20.9 Å². The fraction of sp³-hybridized carbons (Fsp3) is 0.333. The van der Waals surface area contributed by atoms with E-state index in [1.165, 1.54) is 21.2 Å². The Hall–Kier alpha value is -2.69. The summed E-state index contributed by atoms with van der Waals surface area (Å²) >= 11 is 5.81. The van der Waals surface area contributed by atoms with E-state index in [0.29, 0.717) is 23.8 Å². The topological polar surface area (TPSA) is 79.7 Å². The van der Waals surface area contributed by atoms with Crippen LogP contribution in [0.25, 0.3) is 0 Å². The van der Waals surface area contributed by atoms with Gasteiger partial charge in [0, 0.05) is 28.4 Å². The van der Waals surface area contributed by atoms with Crippen LogP contribution < -0.4 is 9.77 Å². The van der Waals surface area contributed by atoms with E-state index in [-0.39, 0.29) is 29.1 Å². The number of nitrogens with zero attached hydrogens (tertiary/aromatic N) is 3. The zero-order valence-electron chi connectivity index (χ0n) is 19.8. The Labute approximate surface area is 230 Å². The van der Waals surface area contributed by atoms with E-state index in [2.05, 4.69) is 15.9 Å². The Morgan fingerprint density at radius 2 is 1.62 bits per heavy atom. The molecule has 0 aliphatic carbocycles. The van der Waals surface area contributed by atoms with Crippen molar-refractivity contribution >= 4 is 62.4 Å². The highest BCUT2D eigenvalue weighted by molar-refractivity contribution is 9.10. The van der Waals surface area contributed by atoms with Crippen LogP contribution in [0, 0.1) is 5.92 Å². The lowest BCUT2D eigenvalue weighted by Gasteiger charge is -2.31. The van der Waals surface area contributed by atoms with Crippen LogP contribution in [0.5, 0.6) is 0 Å². The number of aromatic nitrogens is 1. The van der Waals surface area contributed by atoms with Gasteiger partial charge in [0.15, 0.2) is 0 Å². The van der Waals surface area contributed by atoms with Crippen molar-refractivity contribution in [3.05, 3.63) is 79.2 Å². The highest BCUT2D eigenvalue weighted by Gasteiger charge is 2.56. The minimum atomic E-state index is -0.681. The largest absolute Gasteiger partial charge is 0.341 e. The summed E-state index contributed by atoms with van der Waals surface area (Å²) in [7, 11) is 0. The van der Waals surface area contributed by atoms with Gasteiger partial charge in [-0.1, -0.05) is 69.4 Å². The van der Waals surface area contributed by atoms with Crippen LogP contribution in [0.2, 0.25) is 0 Å². The molecule has 7 nitrogen and oxygen atoms in total. The van der Waals surface area contributed by atoms with E-state index in [1.807, 2.05) is 35.2 Å². The number of fused-ring (bicyclic) bond motifs is 2. The van der Waals surface area contributed by atoms with Gasteiger partial charge in [-0.2, -0.15) is 0 Å². The van der Waals surface area contributed by atoms with Gasteiger partial charge in [0.1, 0.15) is 11.8 Å². The van der Waals surface area contributed by atoms with Crippen molar-refractivity contribution in [3.63, 3.8) is 0 Å². The summed E-state index contributed by atoms with van der Waals surface area (Å²) in [6.07, 6.45) is 3.05. The molecule has 1 aromatic heterocycles. The van der Waals surface area contributed by atoms with Crippen molar-refractivity contribution < 1.29 is 14.4 Å². The number of thiazole rings is 1. The summed E-state index contributed by atoms with van der Waals surface area (Å²) in [5.74, 6) is -1.72. The first kappa shape index (κ1) is 24.6. The van der Waals surface area contributed by atoms with Gasteiger partial charge in [-0.15, -0.1) is 0 Å². The maximum absolute atomic E-state index is 13.8. The third kappa shape index (κ3) is 4.28. The number of rotatable bonds is 4. The minimum absolute atomic E-state index is 0.0490. The predicted octanol–water partition coefficient (Wildman–Crippen LogP) is 4.48. The number of carbonyl (C=O) groups is 3. The number of para-hydroxylation sites is 1. The van der Waals surface area contributed by atoms with Crippen molar-refractivity contribution in [2.75, 3.05) is 18.0 Å². The van der Waals surface area contributed by atoms with Gasteiger partial charge in [0.2, 0.25) is 17.7 Å². The molecule has 3 aromatic rings. The predicted molar refractivity (Wildman–Crippen MR) is 147 cm³/mol. The van der Waals surface area contributed by atoms with Crippen molar-refractivity contribution in [1.29, 1.82) is 0 Å². The molecule has 0 radical (unpaired) electrons. The van der Waals surface area contributed by atoms with Gasteiger partial charge >= 0.3 is 4.87 Å². The monoisotopic (exact) mass is 597 g/mol. The fourth-order valence-electron chi connectivity index (χ4n) is 5.49. The van der Waals surface area contributed by atoms with Gasteiger partial charge in [0.25, 0.3) is 0 Å². The summed E-state index contributed by atoms with van der Waals surface area (Å²) in [6, 6.07) is 16.6. The average molecular weight is 599 g/mol.